The predicted molar refractivity (Wildman–Crippen MR) is 100 cm³/mol. The lowest BCUT2D eigenvalue weighted by atomic mass is 10.1. The second-order valence-corrected chi connectivity index (χ2v) is 6.30. The quantitative estimate of drug-likeness (QED) is 0.688. The molecule has 134 valence electrons. The Kier molecular flexibility index (Phi) is 5.49. The summed E-state index contributed by atoms with van der Waals surface area (Å²) in [5.74, 6) is -0.455. The first-order chi connectivity index (χ1) is 12.5. The highest BCUT2D eigenvalue weighted by Crippen LogP contribution is 2.14. The molecule has 3 rings (SSSR count). The van der Waals surface area contributed by atoms with Crippen molar-refractivity contribution >= 4 is 16.9 Å². The van der Waals surface area contributed by atoms with Gasteiger partial charge in [-0.1, -0.05) is 42.5 Å². The van der Waals surface area contributed by atoms with Crippen LogP contribution in [0.5, 0.6) is 0 Å². The molecule has 0 unspecified atom stereocenters. The summed E-state index contributed by atoms with van der Waals surface area (Å²) >= 11 is 0. The van der Waals surface area contributed by atoms with Crippen LogP contribution in [0, 0.1) is 0 Å². The van der Waals surface area contributed by atoms with Crippen LogP contribution in [0.15, 0.2) is 63.8 Å². The summed E-state index contributed by atoms with van der Waals surface area (Å²) in [4.78, 5) is 24.5. The Hall–Kier alpha value is -2.92. The van der Waals surface area contributed by atoms with Gasteiger partial charge in [-0.3, -0.25) is 4.79 Å². The number of hydrogen-bond donors (Lipinski definition) is 1. The fourth-order valence-corrected chi connectivity index (χ4v) is 2.62. The molecule has 0 atom stereocenters. The normalized spacial score (nSPS) is 11.0. The summed E-state index contributed by atoms with van der Waals surface area (Å²) in [7, 11) is 0. The molecule has 1 heterocycles. The molecule has 1 amide bonds. The van der Waals surface area contributed by atoms with Crippen LogP contribution in [0.3, 0.4) is 0 Å². The van der Waals surface area contributed by atoms with E-state index in [0.717, 1.165) is 11.1 Å². The smallest absolute Gasteiger partial charge is 0.349 e. The zero-order valence-electron chi connectivity index (χ0n) is 14.8. The highest BCUT2D eigenvalue weighted by Gasteiger charge is 2.14. The summed E-state index contributed by atoms with van der Waals surface area (Å²) in [6.45, 7) is 4.73. The van der Waals surface area contributed by atoms with Crippen molar-refractivity contribution in [3.63, 3.8) is 0 Å². The van der Waals surface area contributed by atoms with E-state index in [9.17, 15) is 9.59 Å². The summed E-state index contributed by atoms with van der Waals surface area (Å²) in [5.41, 5.74) is 1.78. The Morgan fingerprint density at radius 2 is 1.77 bits per heavy atom. The Morgan fingerprint density at radius 1 is 1.08 bits per heavy atom. The topological polar surface area (TPSA) is 68.5 Å². The van der Waals surface area contributed by atoms with Crippen LogP contribution in [-0.2, 0) is 17.9 Å². The van der Waals surface area contributed by atoms with E-state index < -0.39 is 11.5 Å². The molecule has 0 aliphatic carbocycles. The fourth-order valence-electron chi connectivity index (χ4n) is 2.62. The molecule has 5 heteroatoms. The molecule has 0 fully saturated rings. The first-order valence-electron chi connectivity index (χ1n) is 8.54. The number of carbonyl (C=O) groups is 1. The standard InChI is InChI=1S/C21H21NO4/c1-14(2)25-13-17-9-4-3-8-16(17)12-22-20(23)18-11-15-7-5-6-10-19(15)26-21(18)24/h3-11,14H,12-13H2,1-2H3,(H,22,23). The van der Waals surface area contributed by atoms with Crippen LogP contribution in [0.1, 0.15) is 35.3 Å². The van der Waals surface area contributed by atoms with E-state index in [1.165, 1.54) is 0 Å². The van der Waals surface area contributed by atoms with Crippen molar-refractivity contribution in [2.45, 2.75) is 33.1 Å². The van der Waals surface area contributed by atoms with Crippen molar-refractivity contribution in [3.8, 4) is 0 Å². The van der Waals surface area contributed by atoms with E-state index in [2.05, 4.69) is 5.32 Å². The Bertz CT molecular complexity index is 975. The van der Waals surface area contributed by atoms with Crippen LogP contribution >= 0.6 is 0 Å². The minimum absolute atomic E-state index is 0.000360. The number of amides is 1. The molecule has 0 saturated carbocycles. The van der Waals surface area contributed by atoms with Gasteiger partial charge in [0.1, 0.15) is 11.1 Å². The third kappa shape index (κ3) is 4.18. The van der Waals surface area contributed by atoms with Crippen molar-refractivity contribution in [2.75, 3.05) is 0 Å². The third-order valence-electron chi connectivity index (χ3n) is 4.02. The third-order valence-corrected chi connectivity index (χ3v) is 4.02. The molecule has 0 aliphatic rings. The van der Waals surface area contributed by atoms with Gasteiger partial charge in [-0.25, -0.2) is 4.79 Å². The zero-order valence-corrected chi connectivity index (χ0v) is 14.8. The van der Waals surface area contributed by atoms with Gasteiger partial charge in [0.2, 0.25) is 0 Å². The second-order valence-electron chi connectivity index (χ2n) is 6.30. The van der Waals surface area contributed by atoms with Gasteiger partial charge in [-0.05, 0) is 37.1 Å². The highest BCUT2D eigenvalue weighted by atomic mass is 16.5. The van der Waals surface area contributed by atoms with Crippen LogP contribution in [0.4, 0.5) is 0 Å². The first kappa shape index (κ1) is 17.9. The molecule has 1 aromatic heterocycles. The number of hydrogen-bond acceptors (Lipinski definition) is 4. The van der Waals surface area contributed by atoms with E-state index in [1.807, 2.05) is 44.2 Å². The van der Waals surface area contributed by atoms with Crippen molar-refractivity contribution in [2.24, 2.45) is 0 Å². The molecule has 0 saturated heterocycles. The minimum Gasteiger partial charge on any atom is -0.422 e. The van der Waals surface area contributed by atoms with Crippen molar-refractivity contribution in [1.29, 1.82) is 0 Å². The van der Waals surface area contributed by atoms with Crippen molar-refractivity contribution < 1.29 is 13.9 Å². The molecule has 2 aromatic carbocycles. The lowest BCUT2D eigenvalue weighted by molar-refractivity contribution is 0.0651. The molecule has 5 nitrogen and oxygen atoms in total. The van der Waals surface area contributed by atoms with Gasteiger partial charge in [0, 0.05) is 11.9 Å². The van der Waals surface area contributed by atoms with E-state index in [0.29, 0.717) is 24.1 Å². The average molecular weight is 351 g/mol. The van der Waals surface area contributed by atoms with E-state index in [4.69, 9.17) is 9.15 Å². The molecule has 0 radical (unpaired) electrons. The molecule has 0 aliphatic heterocycles. The van der Waals surface area contributed by atoms with E-state index in [-0.39, 0.29) is 11.7 Å². The van der Waals surface area contributed by atoms with Crippen molar-refractivity contribution in [1.82, 2.24) is 5.32 Å². The predicted octanol–water partition coefficient (Wildman–Crippen LogP) is 3.65. The molecule has 26 heavy (non-hydrogen) atoms. The maximum absolute atomic E-state index is 12.5. The number of rotatable bonds is 6. The van der Waals surface area contributed by atoms with Crippen LogP contribution < -0.4 is 10.9 Å². The monoisotopic (exact) mass is 351 g/mol. The molecular formula is C21H21NO4. The van der Waals surface area contributed by atoms with Gasteiger partial charge >= 0.3 is 5.63 Å². The Labute approximate surface area is 151 Å². The van der Waals surface area contributed by atoms with Gasteiger partial charge in [0.25, 0.3) is 5.91 Å². The lowest BCUT2D eigenvalue weighted by Gasteiger charge is -2.12. The van der Waals surface area contributed by atoms with Gasteiger partial charge < -0.3 is 14.5 Å². The van der Waals surface area contributed by atoms with Crippen LogP contribution in [-0.4, -0.2) is 12.0 Å². The van der Waals surface area contributed by atoms with Crippen molar-refractivity contribution in [3.05, 3.63) is 81.7 Å². The average Bonchev–Trinajstić information content (AvgIpc) is 2.64. The van der Waals surface area contributed by atoms with Crippen LogP contribution in [0.25, 0.3) is 11.0 Å². The Morgan fingerprint density at radius 3 is 2.54 bits per heavy atom. The maximum Gasteiger partial charge on any atom is 0.349 e. The van der Waals surface area contributed by atoms with Crippen LogP contribution in [0.2, 0.25) is 0 Å². The SMILES string of the molecule is CC(C)OCc1ccccc1CNC(=O)c1cc2ccccc2oc1=O. The van der Waals surface area contributed by atoms with E-state index in [1.54, 1.807) is 24.3 Å². The fraction of sp³-hybridized carbons (Fsp3) is 0.238. The number of fused-ring (bicyclic) bond motifs is 1. The highest BCUT2D eigenvalue weighted by molar-refractivity contribution is 5.96. The van der Waals surface area contributed by atoms with Gasteiger partial charge in [0.15, 0.2) is 0 Å². The number of carbonyl (C=O) groups excluding carboxylic acids is 1. The van der Waals surface area contributed by atoms with Gasteiger partial charge in [-0.15, -0.1) is 0 Å². The zero-order chi connectivity index (χ0) is 18.5. The summed E-state index contributed by atoms with van der Waals surface area (Å²) < 4.78 is 10.9. The molecular weight excluding hydrogens is 330 g/mol. The summed E-state index contributed by atoms with van der Waals surface area (Å²) in [5, 5.41) is 3.51. The number of benzene rings is 2. The largest absolute Gasteiger partial charge is 0.422 e. The van der Waals surface area contributed by atoms with Gasteiger partial charge in [0.05, 0.1) is 12.7 Å². The Balaban J connectivity index is 1.75. The number of nitrogens with one attached hydrogen (secondary N) is 1. The summed E-state index contributed by atoms with van der Waals surface area (Å²) in [6.07, 6.45) is 0.125. The number of ether oxygens (including phenoxy) is 1. The summed E-state index contributed by atoms with van der Waals surface area (Å²) in [6, 6.07) is 16.4. The van der Waals surface area contributed by atoms with E-state index >= 15 is 0 Å². The van der Waals surface area contributed by atoms with Gasteiger partial charge in [-0.2, -0.15) is 0 Å². The number of para-hydroxylation sites is 1. The second kappa shape index (κ2) is 7.97. The maximum atomic E-state index is 12.5. The minimum atomic E-state index is -0.641. The molecule has 0 spiro atoms. The first-order valence-corrected chi connectivity index (χ1v) is 8.54. The molecule has 0 bridgehead atoms. The lowest BCUT2D eigenvalue weighted by Crippen LogP contribution is -2.28. The molecule has 1 N–H and O–H groups in total. The molecule has 3 aromatic rings.